The highest BCUT2D eigenvalue weighted by molar-refractivity contribution is 6.31. The van der Waals surface area contributed by atoms with E-state index < -0.39 is 0 Å². The van der Waals surface area contributed by atoms with Crippen molar-refractivity contribution in [1.29, 1.82) is 0 Å². The minimum absolute atomic E-state index is 0.287. The predicted octanol–water partition coefficient (Wildman–Crippen LogP) is 0.215. The van der Waals surface area contributed by atoms with Gasteiger partial charge in [0.15, 0.2) is 0 Å². The monoisotopic (exact) mass is 299 g/mol. The van der Waals surface area contributed by atoms with Gasteiger partial charge in [-0.1, -0.05) is 11.6 Å². The normalized spacial score (nSPS) is 16.8. The summed E-state index contributed by atoms with van der Waals surface area (Å²) in [7, 11) is 3.70. The molecule has 2 amide bonds. The van der Waals surface area contributed by atoms with Gasteiger partial charge >= 0.3 is 6.03 Å². The molecule has 0 saturated carbocycles. The largest absolute Gasteiger partial charge is 0.495 e. The van der Waals surface area contributed by atoms with E-state index in [-0.39, 0.29) is 6.03 Å². The molecular weight excluding hydrogens is 280 g/mol. The maximum Gasteiger partial charge on any atom is 0.333 e. The van der Waals surface area contributed by atoms with Gasteiger partial charge in [0.25, 0.3) is 0 Å². The molecule has 20 heavy (non-hydrogen) atoms. The number of benzene rings is 1. The summed E-state index contributed by atoms with van der Waals surface area (Å²) >= 11 is 5.92. The van der Waals surface area contributed by atoms with Crippen molar-refractivity contribution in [2.45, 2.75) is 0 Å². The zero-order valence-electron chi connectivity index (χ0n) is 11.7. The molecule has 0 atom stereocenters. The van der Waals surface area contributed by atoms with Crippen molar-refractivity contribution in [1.82, 2.24) is 10.4 Å². The summed E-state index contributed by atoms with van der Waals surface area (Å²) in [5.74, 6) is 0.576. The number of carbonyl (C=O) groups is 1. The summed E-state index contributed by atoms with van der Waals surface area (Å²) in [4.78, 5) is 13.4. The number of nitrogens with zero attached hydrogens (tertiary/aromatic N) is 1. The van der Waals surface area contributed by atoms with Crippen LogP contribution in [0.1, 0.15) is 0 Å². The summed E-state index contributed by atoms with van der Waals surface area (Å²) in [5, 5.41) is 5.21. The molecule has 1 aromatic rings. The zero-order valence-corrected chi connectivity index (χ0v) is 12.5. The highest BCUT2D eigenvalue weighted by Crippen LogP contribution is 2.27. The molecule has 7 heteroatoms. The Hall–Kier alpha value is -1.50. The molecule has 3 N–H and O–H groups in total. The number of anilines is 1. The maximum atomic E-state index is 12.0. The fourth-order valence-electron chi connectivity index (χ4n) is 2.07. The van der Waals surface area contributed by atoms with Gasteiger partial charge in [0.2, 0.25) is 0 Å². The number of ether oxygens (including phenoxy) is 1. The van der Waals surface area contributed by atoms with Crippen LogP contribution >= 0.6 is 11.6 Å². The fraction of sp³-hybridized carbons (Fsp3) is 0.462. The number of methoxy groups -OCH3 is 1. The van der Waals surface area contributed by atoms with Crippen molar-refractivity contribution in [3.8, 4) is 5.75 Å². The van der Waals surface area contributed by atoms with Gasteiger partial charge in [0.05, 0.1) is 46.0 Å². The molecule has 6 nitrogen and oxygen atoms in total. The molecule has 1 aromatic carbocycles. The third kappa shape index (κ3) is 4.00. The Balaban J connectivity index is 1.92. The number of quaternary nitrogens is 1. The van der Waals surface area contributed by atoms with Crippen molar-refractivity contribution in [3.05, 3.63) is 23.2 Å². The van der Waals surface area contributed by atoms with Crippen LogP contribution in [0.15, 0.2) is 18.2 Å². The van der Waals surface area contributed by atoms with E-state index in [1.807, 2.05) is 5.01 Å². The molecular formula is C13H20ClN4O2+. The lowest BCUT2D eigenvalue weighted by atomic mass is 10.3. The molecule has 1 heterocycles. The average Bonchev–Trinajstić information content (AvgIpc) is 2.41. The van der Waals surface area contributed by atoms with Crippen LogP contribution < -0.4 is 20.4 Å². The fourth-order valence-corrected chi connectivity index (χ4v) is 2.24. The second kappa shape index (κ2) is 6.78. The number of halogens is 1. The van der Waals surface area contributed by atoms with E-state index in [0.717, 1.165) is 26.2 Å². The molecule has 1 saturated heterocycles. The first-order valence-electron chi connectivity index (χ1n) is 6.56. The maximum absolute atomic E-state index is 12.0. The summed E-state index contributed by atoms with van der Waals surface area (Å²) in [6.07, 6.45) is 0. The second-order valence-electron chi connectivity index (χ2n) is 4.85. The van der Waals surface area contributed by atoms with Gasteiger partial charge in [-0.3, -0.25) is 5.43 Å². The number of urea groups is 1. The Bertz CT molecular complexity index is 475. The summed E-state index contributed by atoms with van der Waals surface area (Å²) in [6, 6.07) is 4.81. The smallest absolute Gasteiger partial charge is 0.333 e. The zero-order chi connectivity index (χ0) is 14.5. The molecule has 0 unspecified atom stereocenters. The van der Waals surface area contributed by atoms with Crippen LogP contribution in [-0.4, -0.2) is 51.4 Å². The van der Waals surface area contributed by atoms with Gasteiger partial charge in [-0.2, -0.15) is 0 Å². The van der Waals surface area contributed by atoms with Crippen LogP contribution in [0, 0.1) is 0 Å². The Kier molecular flexibility index (Phi) is 5.05. The van der Waals surface area contributed by atoms with Crippen molar-refractivity contribution in [3.63, 3.8) is 0 Å². The highest BCUT2D eigenvalue weighted by atomic mass is 35.5. The summed E-state index contributed by atoms with van der Waals surface area (Å²) in [6.45, 7) is 3.71. The van der Waals surface area contributed by atoms with E-state index in [4.69, 9.17) is 16.3 Å². The molecule has 2 rings (SSSR count). The first-order chi connectivity index (χ1) is 9.58. The molecule has 1 fully saturated rings. The topological polar surface area (TPSA) is 58.0 Å². The van der Waals surface area contributed by atoms with Gasteiger partial charge in [-0.25, -0.2) is 9.80 Å². The van der Waals surface area contributed by atoms with E-state index >= 15 is 0 Å². The molecule has 0 aliphatic carbocycles. The van der Waals surface area contributed by atoms with E-state index in [1.54, 1.807) is 25.3 Å². The number of rotatable bonds is 3. The molecule has 0 aromatic heterocycles. The number of nitrogens with one attached hydrogen (secondary N) is 3. The van der Waals surface area contributed by atoms with Crippen molar-refractivity contribution in [2.75, 3.05) is 45.7 Å². The van der Waals surface area contributed by atoms with Crippen LogP contribution in [0.4, 0.5) is 10.5 Å². The van der Waals surface area contributed by atoms with Gasteiger partial charge in [0, 0.05) is 5.02 Å². The van der Waals surface area contributed by atoms with Crippen LogP contribution in [0.3, 0.4) is 0 Å². The first kappa shape index (κ1) is 14.9. The quantitative estimate of drug-likeness (QED) is 0.748. The number of carbonyl (C=O) groups excluding carboxylic acids is 1. The van der Waals surface area contributed by atoms with Gasteiger partial charge in [0.1, 0.15) is 5.75 Å². The molecule has 0 radical (unpaired) electrons. The molecule has 0 spiro atoms. The minimum atomic E-state index is -0.287. The number of piperazine rings is 1. The standard InChI is InChI=1S/C13H19ClN4O2/c1-17-5-7-18(8-6-17)16-13(19)15-11-9-10(14)3-4-12(11)20-2/h3-4,9H,5-8H2,1-2H3,(H2,15,16,19)/p+1. The predicted molar refractivity (Wildman–Crippen MR) is 78.4 cm³/mol. The molecule has 1 aliphatic heterocycles. The summed E-state index contributed by atoms with van der Waals surface area (Å²) < 4.78 is 5.19. The molecule has 0 bridgehead atoms. The SMILES string of the molecule is COc1ccc(Cl)cc1NC(=O)NN1CC[NH+](C)CC1. The lowest BCUT2D eigenvalue weighted by molar-refractivity contribution is -0.884. The number of likely N-dealkylation sites (N-methyl/N-ethyl adjacent to an activating group) is 1. The number of hydrogen-bond donors (Lipinski definition) is 3. The van der Waals surface area contributed by atoms with E-state index in [9.17, 15) is 4.79 Å². The Morgan fingerprint density at radius 3 is 2.75 bits per heavy atom. The Labute approximate surface area is 123 Å². The number of amides is 2. The van der Waals surface area contributed by atoms with E-state index in [0.29, 0.717) is 16.5 Å². The minimum Gasteiger partial charge on any atom is -0.495 e. The highest BCUT2D eigenvalue weighted by Gasteiger charge is 2.18. The molecule has 110 valence electrons. The van der Waals surface area contributed by atoms with Crippen molar-refractivity contribution in [2.24, 2.45) is 0 Å². The van der Waals surface area contributed by atoms with E-state index in [2.05, 4.69) is 17.8 Å². The van der Waals surface area contributed by atoms with Gasteiger partial charge in [-0.05, 0) is 18.2 Å². The average molecular weight is 300 g/mol. The molecule has 1 aliphatic rings. The third-order valence-electron chi connectivity index (χ3n) is 3.29. The van der Waals surface area contributed by atoms with Crippen molar-refractivity contribution < 1.29 is 14.4 Å². The van der Waals surface area contributed by atoms with E-state index in [1.165, 1.54) is 4.90 Å². The Morgan fingerprint density at radius 1 is 1.40 bits per heavy atom. The van der Waals surface area contributed by atoms with Gasteiger partial charge < -0.3 is 15.0 Å². The lowest BCUT2D eigenvalue weighted by Crippen LogP contribution is -3.12. The van der Waals surface area contributed by atoms with Crippen molar-refractivity contribution >= 4 is 23.3 Å². The Morgan fingerprint density at radius 2 is 2.10 bits per heavy atom. The van der Waals surface area contributed by atoms with Crippen LogP contribution in [0.2, 0.25) is 5.02 Å². The van der Waals surface area contributed by atoms with Crippen LogP contribution in [-0.2, 0) is 0 Å². The number of hydrogen-bond acceptors (Lipinski definition) is 3. The summed E-state index contributed by atoms with van der Waals surface area (Å²) in [5.41, 5.74) is 3.38. The van der Waals surface area contributed by atoms with Gasteiger partial charge in [-0.15, -0.1) is 0 Å². The third-order valence-corrected chi connectivity index (χ3v) is 3.52. The van der Waals surface area contributed by atoms with Crippen LogP contribution in [0.5, 0.6) is 5.75 Å². The van der Waals surface area contributed by atoms with Crippen LogP contribution in [0.25, 0.3) is 0 Å². The number of hydrazine groups is 1. The first-order valence-corrected chi connectivity index (χ1v) is 6.93. The lowest BCUT2D eigenvalue weighted by Gasteiger charge is -2.30. The second-order valence-corrected chi connectivity index (χ2v) is 5.29.